The van der Waals surface area contributed by atoms with Gasteiger partial charge in [0.05, 0.1) is 6.61 Å². The Morgan fingerprint density at radius 1 is 0.781 bits per heavy atom. The molecule has 2 unspecified atom stereocenters. The van der Waals surface area contributed by atoms with Gasteiger partial charge < -0.3 is 10.5 Å². The molecule has 2 atom stereocenters. The van der Waals surface area contributed by atoms with Gasteiger partial charge in [-0.05, 0) is 25.0 Å². The molecule has 2 nitrogen and oxygen atoms in total. The first kappa shape index (κ1) is 31.0. The lowest BCUT2D eigenvalue weighted by Gasteiger charge is -2.12. The van der Waals surface area contributed by atoms with Crippen molar-refractivity contribution in [1.82, 2.24) is 0 Å². The Morgan fingerprint density at radius 3 is 1.59 bits per heavy atom. The second kappa shape index (κ2) is 21.8. The summed E-state index contributed by atoms with van der Waals surface area (Å²) in [7, 11) is 0. The summed E-state index contributed by atoms with van der Waals surface area (Å²) in [6.45, 7) is 13.2. The van der Waals surface area contributed by atoms with Crippen LogP contribution >= 0.6 is 0 Å². The van der Waals surface area contributed by atoms with Crippen molar-refractivity contribution >= 4 is 0 Å². The molecule has 2 aliphatic rings. The molecule has 0 radical (unpaired) electrons. The number of hydrogen-bond donors (Lipinski definition) is 1. The molecule has 0 bridgehead atoms. The molecule has 1 fully saturated rings. The van der Waals surface area contributed by atoms with E-state index in [1.54, 1.807) is 0 Å². The summed E-state index contributed by atoms with van der Waals surface area (Å²) in [5, 5.41) is 0. The van der Waals surface area contributed by atoms with Crippen molar-refractivity contribution < 1.29 is 4.74 Å². The van der Waals surface area contributed by atoms with Crippen LogP contribution in [0.25, 0.3) is 0 Å². The average molecular weight is 448 g/mol. The molecule has 0 aromatic carbocycles. The van der Waals surface area contributed by atoms with Gasteiger partial charge in [0.15, 0.2) is 0 Å². The Hall–Kier alpha value is -1.02. The second-order valence-electron chi connectivity index (χ2n) is 9.33. The number of unbranched alkanes of at least 4 members (excludes halogenated alkanes) is 16. The van der Waals surface area contributed by atoms with Gasteiger partial charge in [0, 0.05) is 11.5 Å². The van der Waals surface area contributed by atoms with Gasteiger partial charge in [-0.1, -0.05) is 130 Å². The minimum Gasteiger partial charge on any atom is -0.494 e. The van der Waals surface area contributed by atoms with E-state index in [0.29, 0.717) is 5.92 Å². The molecule has 0 aromatic rings. The smallest absolute Gasteiger partial charge is 0.115 e. The molecule has 0 aromatic heterocycles. The molecule has 2 aliphatic carbocycles. The number of hydrogen-bond acceptors (Lipinski definition) is 2. The Labute approximate surface area is 202 Å². The van der Waals surface area contributed by atoms with Crippen LogP contribution in [0.1, 0.15) is 136 Å². The zero-order chi connectivity index (χ0) is 23.9. The van der Waals surface area contributed by atoms with Crippen LogP contribution in [0.3, 0.4) is 0 Å². The third-order valence-electron chi connectivity index (χ3n) is 6.54. The van der Waals surface area contributed by atoms with Gasteiger partial charge in [-0.25, -0.2) is 0 Å². The molecule has 1 saturated carbocycles. The number of allylic oxidation sites excluding steroid dienone is 1. The van der Waals surface area contributed by atoms with Crippen molar-refractivity contribution in [2.75, 3.05) is 6.61 Å². The van der Waals surface area contributed by atoms with E-state index in [2.05, 4.69) is 38.3 Å². The zero-order valence-electron chi connectivity index (χ0n) is 22.1. The van der Waals surface area contributed by atoms with E-state index in [1.165, 1.54) is 109 Å². The summed E-state index contributed by atoms with van der Waals surface area (Å²) in [5.74, 6) is 1.57. The third kappa shape index (κ3) is 15.7. The highest BCUT2D eigenvalue weighted by molar-refractivity contribution is 5.36. The highest BCUT2D eigenvalue weighted by Crippen LogP contribution is 2.46. The van der Waals surface area contributed by atoms with Crippen LogP contribution in [0.4, 0.5) is 0 Å². The molecule has 188 valence electrons. The van der Waals surface area contributed by atoms with Crippen LogP contribution in [0.15, 0.2) is 37.1 Å². The molecular weight excluding hydrogens is 390 g/mol. The van der Waals surface area contributed by atoms with Crippen LogP contribution in [0, 0.1) is 5.92 Å². The second-order valence-corrected chi connectivity index (χ2v) is 9.33. The van der Waals surface area contributed by atoms with E-state index < -0.39 is 0 Å². The van der Waals surface area contributed by atoms with Crippen molar-refractivity contribution in [2.24, 2.45) is 11.7 Å². The minimum absolute atomic E-state index is 0.0270. The molecule has 2 N–H and O–H groups in total. The molecule has 32 heavy (non-hydrogen) atoms. The predicted molar refractivity (Wildman–Crippen MR) is 145 cm³/mol. The number of ether oxygens (including phenoxy) is 1. The number of fused-ring (bicyclic) bond motifs is 1. The highest BCUT2D eigenvalue weighted by atomic mass is 16.5. The molecule has 0 aliphatic heterocycles. The van der Waals surface area contributed by atoms with Crippen LogP contribution in [0.2, 0.25) is 0 Å². The van der Waals surface area contributed by atoms with Crippen molar-refractivity contribution in [3.63, 3.8) is 0 Å². The fraction of sp³-hybridized carbons (Fsp3) is 0.800. The van der Waals surface area contributed by atoms with Gasteiger partial charge in [-0.2, -0.15) is 0 Å². The van der Waals surface area contributed by atoms with Gasteiger partial charge in [0.25, 0.3) is 0 Å². The lowest BCUT2D eigenvalue weighted by atomic mass is 10.0. The monoisotopic (exact) mass is 447 g/mol. The molecule has 2 rings (SSSR count). The number of nitrogens with two attached hydrogens (primary N) is 1. The highest BCUT2D eigenvalue weighted by Gasteiger charge is 2.49. The summed E-state index contributed by atoms with van der Waals surface area (Å²) in [4.78, 5) is 0. The van der Waals surface area contributed by atoms with E-state index in [1.807, 2.05) is 13.8 Å². The molecule has 0 spiro atoms. The Kier molecular flexibility index (Phi) is 21.1. The summed E-state index contributed by atoms with van der Waals surface area (Å²) in [6, 6.07) is 0. The van der Waals surface area contributed by atoms with Gasteiger partial charge in [-0.15, -0.1) is 13.2 Å². The average Bonchev–Trinajstić information content (AvgIpc) is 3.51. The van der Waals surface area contributed by atoms with E-state index in [-0.39, 0.29) is 5.54 Å². The molecule has 2 heteroatoms. The van der Waals surface area contributed by atoms with Gasteiger partial charge >= 0.3 is 0 Å². The van der Waals surface area contributed by atoms with Crippen LogP contribution < -0.4 is 5.73 Å². The molecule has 0 amide bonds. The van der Waals surface area contributed by atoms with Crippen molar-refractivity contribution in [1.29, 1.82) is 0 Å². The first-order valence-corrected chi connectivity index (χ1v) is 14.1. The van der Waals surface area contributed by atoms with E-state index >= 15 is 0 Å². The zero-order valence-corrected chi connectivity index (χ0v) is 22.1. The fourth-order valence-corrected chi connectivity index (χ4v) is 4.33. The van der Waals surface area contributed by atoms with Crippen LogP contribution in [-0.4, -0.2) is 12.1 Å². The summed E-state index contributed by atoms with van der Waals surface area (Å²) >= 11 is 0. The lowest BCUT2D eigenvalue weighted by Crippen LogP contribution is -2.23. The standard InChI is InChI=1S/C26H47NO.C2H6.C2H4/c1-2-3-4-5-6-7-8-9-10-11-12-13-14-15-16-17-18-21-28-25-19-20-26(27)23-24(26)22-25;2*1-2/h19-20,22,24H,2-18,21,23,27H2,1H3;1-2H3;1-2H2. The maximum absolute atomic E-state index is 6.13. The first-order valence-electron chi connectivity index (χ1n) is 14.1. The Bertz CT molecular complexity index is 469. The number of rotatable bonds is 19. The maximum Gasteiger partial charge on any atom is 0.115 e. The topological polar surface area (TPSA) is 35.2 Å². The predicted octanol–water partition coefficient (Wildman–Crippen LogP) is 9.65. The quantitative estimate of drug-likeness (QED) is 0.158. The molecule has 0 heterocycles. The largest absolute Gasteiger partial charge is 0.494 e. The van der Waals surface area contributed by atoms with Crippen molar-refractivity contribution in [2.45, 2.75) is 142 Å². The first-order chi connectivity index (χ1) is 15.7. The minimum atomic E-state index is -0.0270. The fourth-order valence-electron chi connectivity index (χ4n) is 4.33. The van der Waals surface area contributed by atoms with Gasteiger partial charge in [0.2, 0.25) is 0 Å². The summed E-state index contributed by atoms with van der Waals surface area (Å²) < 4.78 is 5.87. The molecule has 0 saturated heterocycles. The van der Waals surface area contributed by atoms with E-state index in [4.69, 9.17) is 10.5 Å². The van der Waals surface area contributed by atoms with E-state index in [9.17, 15) is 0 Å². The third-order valence-corrected chi connectivity index (χ3v) is 6.54. The Morgan fingerprint density at radius 2 is 1.19 bits per heavy atom. The summed E-state index contributed by atoms with van der Waals surface area (Å²) in [5.41, 5.74) is 6.10. The maximum atomic E-state index is 6.13. The van der Waals surface area contributed by atoms with Gasteiger partial charge in [0.1, 0.15) is 5.76 Å². The molecular formula is C30H57NO. The van der Waals surface area contributed by atoms with Gasteiger partial charge in [-0.3, -0.25) is 0 Å². The van der Waals surface area contributed by atoms with Crippen molar-refractivity contribution in [3.05, 3.63) is 37.1 Å². The normalized spacial score (nSPS) is 20.2. The SMILES string of the molecule is C=C.CC.CCCCCCCCCCCCCCCCCCCOC1=CC2CC2(N)C=C1. The van der Waals surface area contributed by atoms with Crippen LogP contribution in [0.5, 0.6) is 0 Å². The summed E-state index contributed by atoms with van der Waals surface area (Å²) in [6.07, 6.45) is 31.6. The Balaban J connectivity index is 0.00000227. The lowest BCUT2D eigenvalue weighted by molar-refractivity contribution is 0.214. The van der Waals surface area contributed by atoms with Crippen molar-refractivity contribution in [3.8, 4) is 0 Å². The van der Waals surface area contributed by atoms with Crippen LogP contribution in [-0.2, 0) is 4.74 Å². The van der Waals surface area contributed by atoms with E-state index in [0.717, 1.165) is 18.8 Å².